The molecule has 0 bridgehead atoms. The molecule has 2 aromatic carbocycles. The molecule has 0 fully saturated rings. The van der Waals surface area contributed by atoms with Crippen LogP contribution in [0.4, 0.5) is 17.1 Å². The van der Waals surface area contributed by atoms with Crippen molar-refractivity contribution >= 4 is 17.1 Å². The first kappa shape index (κ1) is 14.2. The van der Waals surface area contributed by atoms with Crippen molar-refractivity contribution in [2.75, 3.05) is 11.4 Å². The lowest BCUT2D eigenvalue weighted by atomic mass is 10.1. The maximum Gasteiger partial charge on any atom is 0.299 e. The Kier molecular flexibility index (Phi) is 3.16. The molecule has 2 heterocycles. The Labute approximate surface area is 136 Å². The smallest absolute Gasteiger partial charge is 0.299 e. The van der Waals surface area contributed by atoms with Crippen molar-refractivity contribution in [2.45, 2.75) is 6.42 Å². The summed E-state index contributed by atoms with van der Waals surface area (Å²) in [6.07, 6.45) is 1.97. The van der Waals surface area contributed by atoms with Crippen molar-refractivity contribution in [1.82, 2.24) is 5.27 Å². The normalized spacial score (nSPS) is 13.1. The van der Waals surface area contributed by atoms with Crippen molar-refractivity contribution in [2.24, 2.45) is 0 Å². The van der Waals surface area contributed by atoms with Gasteiger partial charge < -0.3 is 14.5 Å². The fraction of sp³-hybridized carbons (Fsp3) is 0.125. The van der Waals surface area contributed by atoms with E-state index in [0.717, 1.165) is 23.9 Å². The van der Waals surface area contributed by atoms with E-state index in [9.17, 15) is 15.2 Å². The van der Waals surface area contributed by atoms with Gasteiger partial charge in [0.25, 0.3) is 5.69 Å². The number of nitro groups is 1. The second-order valence-corrected chi connectivity index (χ2v) is 5.43. The molecule has 1 aromatic heterocycles. The molecule has 120 valence electrons. The fourth-order valence-corrected chi connectivity index (χ4v) is 2.97. The van der Waals surface area contributed by atoms with E-state index in [1.54, 1.807) is 12.1 Å². The number of aromatic nitrogens is 2. The van der Waals surface area contributed by atoms with E-state index < -0.39 is 10.9 Å². The second-order valence-electron chi connectivity index (χ2n) is 5.43. The summed E-state index contributed by atoms with van der Waals surface area (Å²) in [5.74, 6) is -0.616. The molecule has 0 N–H and O–H groups in total. The third kappa shape index (κ3) is 2.24. The van der Waals surface area contributed by atoms with E-state index in [2.05, 4.69) is 9.79 Å². The largest absolute Gasteiger partial charge is 0.539 e. The van der Waals surface area contributed by atoms with Crippen LogP contribution in [0.3, 0.4) is 0 Å². The number of nitrogens with zero attached hydrogens (tertiary/aromatic N) is 4. The molecule has 4 rings (SSSR count). The van der Waals surface area contributed by atoms with Gasteiger partial charge in [-0.05, 0) is 28.8 Å². The number of para-hydroxylation sites is 1. The average Bonchev–Trinajstić information content (AvgIpc) is 3.20. The summed E-state index contributed by atoms with van der Waals surface area (Å²) >= 11 is 0. The molecule has 0 unspecified atom stereocenters. The zero-order valence-electron chi connectivity index (χ0n) is 12.5. The van der Waals surface area contributed by atoms with Gasteiger partial charge in [-0.1, -0.05) is 18.2 Å². The van der Waals surface area contributed by atoms with Gasteiger partial charge in [0.2, 0.25) is 11.9 Å². The van der Waals surface area contributed by atoms with Crippen LogP contribution < -0.4 is 14.7 Å². The van der Waals surface area contributed by atoms with Crippen LogP contribution in [0.15, 0.2) is 53.2 Å². The molecule has 1 aliphatic heterocycles. The van der Waals surface area contributed by atoms with E-state index in [1.165, 1.54) is 10.7 Å². The summed E-state index contributed by atoms with van der Waals surface area (Å²) in [5, 5.41) is 26.2. The number of hydrogen-bond acceptors (Lipinski definition) is 6. The number of rotatable bonds is 3. The zero-order valence-corrected chi connectivity index (χ0v) is 12.5. The number of benzene rings is 2. The predicted molar refractivity (Wildman–Crippen MR) is 81.3 cm³/mol. The molecule has 8 nitrogen and oxygen atoms in total. The summed E-state index contributed by atoms with van der Waals surface area (Å²) in [4.78, 5) is 13.0. The maximum absolute atomic E-state index is 11.5. The van der Waals surface area contributed by atoms with Gasteiger partial charge in [-0.15, -0.1) is 0 Å². The Morgan fingerprint density at radius 2 is 2.04 bits per heavy atom. The van der Waals surface area contributed by atoms with E-state index in [1.807, 2.05) is 29.2 Å². The highest BCUT2D eigenvalue weighted by atomic mass is 16.6. The molecule has 0 spiro atoms. The van der Waals surface area contributed by atoms with E-state index in [4.69, 9.17) is 0 Å². The molecule has 0 radical (unpaired) electrons. The van der Waals surface area contributed by atoms with Crippen LogP contribution in [-0.4, -0.2) is 16.7 Å². The highest BCUT2D eigenvalue weighted by molar-refractivity contribution is 5.77. The first-order valence-electron chi connectivity index (χ1n) is 7.33. The molecule has 0 aliphatic carbocycles. The topological polar surface area (TPSA) is 99.3 Å². The van der Waals surface area contributed by atoms with Crippen molar-refractivity contribution in [3.63, 3.8) is 0 Å². The molecule has 0 amide bonds. The Morgan fingerprint density at radius 1 is 1.21 bits per heavy atom. The third-order valence-corrected chi connectivity index (χ3v) is 4.04. The third-order valence-electron chi connectivity index (χ3n) is 4.04. The van der Waals surface area contributed by atoms with Gasteiger partial charge in [0, 0.05) is 18.3 Å². The lowest BCUT2D eigenvalue weighted by Gasteiger charge is -2.19. The molecule has 8 heteroatoms. The lowest BCUT2D eigenvalue weighted by Crippen LogP contribution is -2.31. The molecule has 24 heavy (non-hydrogen) atoms. The molecular weight excluding hydrogens is 312 g/mol. The van der Waals surface area contributed by atoms with Gasteiger partial charge in [0.05, 0.1) is 16.3 Å². The predicted octanol–water partition coefficient (Wildman–Crippen LogP) is 1.63. The fourth-order valence-electron chi connectivity index (χ4n) is 2.97. The van der Waals surface area contributed by atoms with E-state index in [0.29, 0.717) is 17.9 Å². The second kappa shape index (κ2) is 5.34. The van der Waals surface area contributed by atoms with Crippen molar-refractivity contribution < 1.29 is 19.2 Å². The van der Waals surface area contributed by atoms with Gasteiger partial charge >= 0.3 is 0 Å². The number of fused-ring (bicyclic) bond motifs is 1. The van der Waals surface area contributed by atoms with Crippen LogP contribution in [-0.2, 0) is 6.42 Å². The number of hydrogen-bond donors (Lipinski definition) is 0. The van der Waals surface area contributed by atoms with Gasteiger partial charge in [0.1, 0.15) is 11.6 Å². The number of anilines is 2. The van der Waals surface area contributed by atoms with Gasteiger partial charge in [-0.25, -0.2) is 0 Å². The molecular formula is C16H12N4O4. The van der Waals surface area contributed by atoms with Crippen LogP contribution in [0.25, 0.3) is 5.69 Å². The van der Waals surface area contributed by atoms with Gasteiger partial charge in [-0.3, -0.25) is 10.1 Å². The monoisotopic (exact) mass is 324 g/mol. The maximum atomic E-state index is 11.5. The molecule has 0 atom stereocenters. The lowest BCUT2D eigenvalue weighted by molar-refractivity contribution is -0.670. The van der Waals surface area contributed by atoms with E-state index in [-0.39, 0.29) is 5.69 Å². The van der Waals surface area contributed by atoms with Gasteiger partial charge in [-0.2, -0.15) is 0 Å². The quantitative estimate of drug-likeness (QED) is 0.412. The Morgan fingerprint density at radius 3 is 2.79 bits per heavy atom. The van der Waals surface area contributed by atoms with Crippen LogP contribution in [0, 0.1) is 10.1 Å². The first-order chi connectivity index (χ1) is 11.6. The van der Waals surface area contributed by atoms with E-state index >= 15 is 0 Å². The van der Waals surface area contributed by atoms with Crippen LogP contribution in [0.2, 0.25) is 0 Å². The van der Waals surface area contributed by atoms with Crippen LogP contribution in [0.1, 0.15) is 5.56 Å². The van der Waals surface area contributed by atoms with Crippen LogP contribution >= 0.6 is 0 Å². The molecule has 3 aromatic rings. The van der Waals surface area contributed by atoms with Crippen molar-refractivity contribution in [3.05, 3.63) is 64.3 Å². The van der Waals surface area contributed by atoms with Gasteiger partial charge in [0.15, 0.2) is 0 Å². The number of nitro benzene ring substituents is 1. The minimum atomic E-state index is -0.616. The minimum Gasteiger partial charge on any atom is -0.539 e. The molecule has 0 saturated carbocycles. The SMILES string of the molecule is O=[N+]([O-])c1cc(-[n+]2cc([O-])on2)ccc1N1CCc2ccccc21. The summed E-state index contributed by atoms with van der Waals surface area (Å²) in [6.45, 7) is 0.682. The molecule has 1 aliphatic rings. The highest BCUT2D eigenvalue weighted by Gasteiger charge is 2.28. The highest BCUT2D eigenvalue weighted by Crippen LogP contribution is 2.39. The standard InChI is InChI=1S/C16H12N4O4/c21-16-10-19(17-24-16)12-5-6-14(15(9-12)20(22)23)18-8-7-11-3-1-2-4-13(11)18/h1-6,9-10H,7-8H2. The average molecular weight is 324 g/mol. The van der Waals surface area contributed by atoms with Crippen LogP contribution in [0.5, 0.6) is 5.95 Å². The first-order valence-corrected chi connectivity index (χ1v) is 7.33. The Balaban J connectivity index is 1.81. The van der Waals surface area contributed by atoms with Crippen molar-refractivity contribution in [1.29, 1.82) is 0 Å². The Hall–Kier alpha value is -3.42. The zero-order chi connectivity index (χ0) is 16.7. The van der Waals surface area contributed by atoms with Crippen molar-refractivity contribution in [3.8, 4) is 11.6 Å². The minimum absolute atomic E-state index is 0.0489. The summed E-state index contributed by atoms with van der Waals surface area (Å²) in [7, 11) is 0. The summed E-state index contributed by atoms with van der Waals surface area (Å²) in [5.41, 5.74) is 3.00. The summed E-state index contributed by atoms with van der Waals surface area (Å²) in [6, 6.07) is 12.6. The Bertz CT molecular complexity index is 937. The molecule has 0 saturated heterocycles. The summed E-state index contributed by atoms with van der Waals surface area (Å²) < 4.78 is 5.65.